The van der Waals surface area contributed by atoms with Crippen molar-refractivity contribution in [1.82, 2.24) is 0 Å². The molecule has 0 aromatic heterocycles. The number of benzene rings is 1. The topological polar surface area (TPSA) is 0 Å². The first-order valence-corrected chi connectivity index (χ1v) is 5.11. The molecule has 72 valence electrons. The van der Waals surface area contributed by atoms with Crippen molar-refractivity contribution in [3.8, 4) is 0 Å². The average molecular weight is 238 g/mol. The Kier molecular flexibility index (Phi) is 3.16. The maximum absolute atomic E-state index is 6.04. The highest BCUT2D eigenvalue weighted by atomic mass is 35.5. The van der Waals surface area contributed by atoms with Gasteiger partial charge < -0.3 is 0 Å². The van der Waals surface area contributed by atoms with Gasteiger partial charge in [-0.05, 0) is 23.1 Å². The van der Waals surface area contributed by atoms with Crippen LogP contribution in [0.2, 0.25) is 15.1 Å². The zero-order valence-electron chi connectivity index (χ0n) is 7.79. The fraction of sp³-hybridized carbons (Fsp3) is 0.400. The van der Waals surface area contributed by atoms with Crippen LogP contribution in [0.3, 0.4) is 0 Å². The van der Waals surface area contributed by atoms with E-state index in [0.29, 0.717) is 15.1 Å². The highest BCUT2D eigenvalue weighted by Crippen LogP contribution is 2.35. The van der Waals surface area contributed by atoms with Crippen molar-refractivity contribution in [2.45, 2.75) is 26.2 Å². The largest absolute Gasteiger partial charge is 0.0840 e. The normalized spacial score (nSPS) is 11.8. The van der Waals surface area contributed by atoms with Crippen LogP contribution in [-0.4, -0.2) is 0 Å². The Hall–Kier alpha value is 0.0900. The maximum atomic E-state index is 6.04. The second kappa shape index (κ2) is 3.68. The summed E-state index contributed by atoms with van der Waals surface area (Å²) in [7, 11) is 0. The molecule has 0 N–H and O–H groups in total. The smallest absolute Gasteiger partial charge is 0.0607 e. The number of hydrogen-bond acceptors (Lipinski definition) is 0. The Morgan fingerprint density at radius 3 is 1.77 bits per heavy atom. The third-order valence-corrected chi connectivity index (χ3v) is 2.85. The number of rotatable bonds is 0. The van der Waals surface area contributed by atoms with E-state index >= 15 is 0 Å². The number of halogens is 3. The third-order valence-electron chi connectivity index (χ3n) is 1.82. The fourth-order valence-corrected chi connectivity index (χ4v) is 1.93. The van der Waals surface area contributed by atoms with E-state index < -0.39 is 0 Å². The van der Waals surface area contributed by atoms with Gasteiger partial charge in [0.05, 0.1) is 10.0 Å². The van der Waals surface area contributed by atoms with Crippen molar-refractivity contribution in [2.24, 2.45) is 0 Å². The van der Waals surface area contributed by atoms with Crippen LogP contribution in [0.5, 0.6) is 0 Å². The second-order valence-corrected chi connectivity index (χ2v) is 5.22. The van der Waals surface area contributed by atoms with Crippen molar-refractivity contribution in [3.05, 3.63) is 32.8 Å². The van der Waals surface area contributed by atoms with Crippen LogP contribution in [-0.2, 0) is 5.41 Å². The fourth-order valence-electron chi connectivity index (χ4n) is 1.10. The molecule has 0 heterocycles. The monoisotopic (exact) mass is 236 g/mol. The molecule has 0 atom stereocenters. The van der Waals surface area contributed by atoms with Gasteiger partial charge in [0.15, 0.2) is 0 Å². The third kappa shape index (κ3) is 2.52. The minimum atomic E-state index is -0.00862. The molecule has 0 fully saturated rings. The summed E-state index contributed by atoms with van der Waals surface area (Å²) >= 11 is 17.8. The highest BCUT2D eigenvalue weighted by molar-refractivity contribution is 6.43. The van der Waals surface area contributed by atoms with Crippen molar-refractivity contribution in [3.63, 3.8) is 0 Å². The van der Waals surface area contributed by atoms with Gasteiger partial charge in [-0.1, -0.05) is 55.6 Å². The molecule has 1 rings (SSSR count). The van der Waals surface area contributed by atoms with E-state index in [1.165, 1.54) is 0 Å². The molecule has 0 saturated heterocycles. The van der Waals surface area contributed by atoms with E-state index in [4.69, 9.17) is 34.8 Å². The minimum Gasteiger partial charge on any atom is -0.0840 e. The van der Waals surface area contributed by atoms with Crippen LogP contribution >= 0.6 is 34.8 Å². The molecular weight excluding hydrogens is 226 g/mol. The summed E-state index contributed by atoms with van der Waals surface area (Å²) < 4.78 is 0. The number of hydrogen-bond donors (Lipinski definition) is 0. The zero-order valence-corrected chi connectivity index (χ0v) is 10.1. The summed E-state index contributed by atoms with van der Waals surface area (Å²) in [5.41, 5.74) is 1.01. The average Bonchev–Trinajstić information content (AvgIpc) is 1.94. The van der Waals surface area contributed by atoms with E-state index in [1.54, 1.807) is 6.07 Å². The van der Waals surface area contributed by atoms with Gasteiger partial charge in [-0.3, -0.25) is 0 Å². The predicted molar refractivity (Wildman–Crippen MR) is 60.2 cm³/mol. The first-order chi connectivity index (χ1) is 5.82. The van der Waals surface area contributed by atoms with Gasteiger partial charge in [-0.25, -0.2) is 0 Å². The first kappa shape index (κ1) is 11.2. The van der Waals surface area contributed by atoms with E-state index in [0.717, 1.165) is 5.56 Å². The first-order valence-electron chi connectivity index (χ1n) is 3.97. The highest BCUT2D eigenvalue weighted by Gasteiger charge is 2.18. The lowest BCUT2D eigenvalue weighted by atomic mass is 9.87. The van der Waals surface area contributed by atoms with Gasteiger partial charge in [-0.2, -0.15) is 0 Å². The molecule has 1 aromatic rings. The molecule has 0 aliphatic carbocycles. The lowest BCUT2D eigenvalue weighted by Gasteiger charge is -2.21. The van der Waals surface area contributed by atoms with E-state index in [1.807, 2.05) is 6.07 Å². The van der Waals surface area contributed by atoms with Crippen molar-refractivity contribution in [1.29, 1.82) is 0 Å². The van der Waals surface area contributed by atoms with Gasteiger partial charge in [0.25, 0.3) is 0 Å². The minimum absolute atomic E-state index is 0.00862. The molecular formula is C10H11Cl3. The van der Waals surface area contributed by atoms with Crippen LogP contribution in [0.25, 0.3) is 0 Å². The quantitative estimate of drug-likeness (QED) is 0.561. The van der Waals surface area contributed by atoms with Gasteiger partial charge in [0.2, 0.25) is 0 Å². The van der Waals surface area contributed by atoms with Crippen molar-refractivity contribution in [2.75, 3.05) is 0 Å². The van der Waals surface area contributed by atoms with Gasteiger partial charge in [-0.15, -0.1) is 0 Å². The summed E-state index contributed by atoms with van der Waals surface area (Å²) in [6.45, 7) is 6.25. The van der Waals surface area contributed by atoms with Gasteiger partial charge in [0.1, 0.15) is 0 Å². The van der Waals surface area contributed by atoms with Crippen LogP contribution in [0.15, 0.2) is 12.1 Å². The summed E-state index contributed by atoms with van der Waals surface area (Å²) in [5.74, 6) is 0. The van der Waals surface area contributed by atoms with Crippen molar-refractivity contribution < 1.29 is 0 Å². The van der Waals surface area contributed by atoms with Crippen LogP contribution in [0, 0.1) is 0 Å². The molecule has 0 aliphatic heterocycles. The Labute approximate surface area is 93.8 Å². The van der Waals surface area contributed by atoms with Gasteiger partial charge >= 0.3 is 0 Å². The predicted octanol–water partition coefficient (Wildman–Crippen LogP) is 4.94. The molecule has 0 amide bonds. The summed E-state index contributed by atoms with van der Waals surface area (Å²) in [6.07, 6.45) is 0. The van der Waals surface area contributed by atoms with Crippen LogP contribution in [0.4, 0.5) is 0 Å². The summed E-state index contributed by atoms with van der Waals surface area (Å²) in [5, 5.41) is 1.72. The summed E-state index contributed by atoms with van der Waals surface area (Å²) in [6, 6.07) is 3.51. The van der Waals surface area contributed by atoms with E-state index in [-0.39, 0.29) is 5.41 Å². The zero-order chi connectivity index (χ0) is 10.2. The van der Waals surface area contributed by atoms with Gasteiger partial charge in [0, 0.05) is 5.02 Å². The Bertz CT molecular complexity index is 324. The lowest BCUT2D eigenvalue weighted by molar-refractivity contribution is 0.590. The van der Waals surface area contributed by atoms with Crippen molar-refractivity contribution >= 4 is 34.8 Å². The van der Waals surface area contributed by atoms with Crippen LogP contribution in [0.1, 0.15) is 26.3 Å². The molecule has 1 aromatic carbocycles. The molecule has 13 heavy (non-hydrogen) atoms. The lowest BCUT2D eigenvalue weighted by Crippen LogP contribution is -2.11. The molecule has 0 spiro atoms. The Balaban J connectivity index is 3.32. The van der Waals surface area contributed by atoms with E-state index in [2.05, 4.69) is 20.8 Å². The second-order valence-electron chi connectivity index (χ2n) is 4.00. The molecule has 0 aliphatic rings. The Morgan fingerprint density at radius 2 is 1.31 bits per heavy atom. The molecule has 0 nitrogen and oxygen atoms in total. The molecule has 0 saturated carbocycles. The van der Waals surface area contributed by atoms with Crippen LogP contribution < -0.4 is 0 Å². The molecule has 0 bridgehead atoms. The SMILES string of the molecule is CC(C)(C)c1cc(Cl)c(Cl)cc1Cl. The summed E-state index contributed by atoms with van der Waals surface area (Å²) in [4.78, 5) is 0. The molecule has 3 heteroatoms. The maximum Gasteiger partial charge on any atom is 0.0607 e. The van der Waals surface area contributed by atoms with E-state index in [9.17, 15) is 0 Å². The molecule has 0 radical (unpaired) electrons. The molecule has 0 unspecified atom stereocenters. The standard InChI is InChI=1S/C10H11Cl3/c1-10(2,3)6-4-8(12)9(13)5-7(6)11/h4-5H,1-3H3. The Morgan fingerprint density at radius 1 is 0.846 bits per heavy atom.